The quantitative estimate of drug-likeness (QED) is 0.682. The predicted molar refractivity (Wildman–Crippen MR) is 69.9 cm³/mol. The number of amides is 2. The summed E-state index contributed by atoms with van der Waals surface area (Å²) >= 11 is 0. The second-order valence-corrected chi connectivity index (χ2v) is 4.38. The SMILES string of the molecule is CC(C)NCC(=O)NCc1cccc(C(N)=O)c1. The van der Waals surface area contributed by atoms with E-state index in [-0.39, 0.29) is 18.5 Å². The number of nitrogens with two attached hydrogens (primary N) is 1. The molecule has 1 aromatic carbocycles. The van der Waals surface area contributed by atoms with Crippen LogP contribution in [0.2, 0.25) is 0 Å². The number of rotatable bonds is 6. The average molecular weight is 249 g/mol. The first kappa shape index (κ1) is 14.2. The van der Waals surface area contributed by atoms with E-state index in [1.165, 1.54) is 0 Å². The molecule has 1 rings (SSSR count). The van der Waals surface area contributed by atoms with E-state index in [4.69, 9.17) is 5.73 Å². The maximum Gasteiger partial charge on any atom is 0.248 e. The van der Waals surface area contributed by atoms with E-state index in [9.17, 15) is 9.59 Å². The first-order valence-corrected chi connectivity index (χ1v) is 5.88. The van der Waals surface area contributed by atoms with Gasteiger partial charge >= 0.3 is 0 Å². The molecule has 0 saturated carbocycles. The predicted octanol–water partition coefficient (Wildman–Crippen LogP) is 0.400. The molecule has 0 bridgehead atoms. The van der Waals surface area contributed by atoms with Crippen LogP contribution in [0.1, 0.15) is 29.8 Å². The van der Waals surface area contributed by atoms with Crippen LogP contribution in [-0.2, 0) is 11.3 Å². The van der Waals surface area contributed by atoms with E-state index in [0.29, 0.717) is 12.1 Å². The van der Waals surface area contributed by atoms with Gasteiger partial charge in [-0.2, -0.15) is 0 Å². The summed E-state index contributed by atoms with van der Waals surface area (Å²) in [6.45, 7) is 4.63. The lowest BCUT2D eigenvalue weighted by molar-refractivity contribution is -0.120. The van der Waals surface area contributed by atoms with E-state index in [1.807, 2.05) is 19.9 Å². The van der Waals surface area contributed by atoms with Crippen molar-refractivity contribution in [3.63, 3.8) is 0 Å². The number of nitrogens with one attached hydrogen (secondary N) is 2. The average Bonchev–Trinajstić information content (AvgIpc) is 2.34. The summed E-state index contributed by atoms with van der Waals surface area (Å²) in [6.07, 6.45) is 0. The molecule has 4 N–H and O–H groups in total. The summed E-state index contributed by atoms with van der Waals surface area (Å²) in [4.78, 5) is 22.5. The lowest BCUT2D eigenvalue weighted by atomic mass is 10.1. The standard InChI is InChI=1S/C13H19N3O2/c1-9(2)15-8-12(17)16-7-10-4-3-5-11(6-10)13(14)18/h3-6,9,15H,7-8H2,1-2H3,(H2,14,18)(H,16,17). The summed E-state index contributed by atoms with van der Waals surface area (Å²) in [5.41, 5.74) is 6.48. The molecule has 2 amide bonds. The van der Waals surface area contributed by atoms with Crippen LogP contribution in [0.4, 0.5) is 0 Å². The first-order chi connectivity index (χ1) is 8.49. The van der Waals surface area contributed by atoms with Gasteiger partial charge in [-0.05, 0) is 17.7 Å². The fraction of sp³-hybridized carbons (Fsp3) is 0.385. The van der Waals surface area contributed by atoms with Crippen LogP contribution in [-0.4, -0.2) is 24.4 Å². The van der Waals surface area contributed by atoms with Crippen molar-refractivity contribution in [2.75, 3.05) is 6.54 Å². The van der Waals surface area contributed by atoms with Gasteiger partial charge in [-0.25, -0.2) is 0 Å². The van der Waals surface area contributed by atoms with Crippen LogP contribution in [0.5, 0.6) is 0 Å². The molecule has 0 radical (unpaired) electrons. The number of carbonyl (C=O) groups is 2. The summed E-state index contributed by atoms with van der Waals surface area (Å²) in [5, 5.41) is 5.79. The minimum atomic E-state index is -0.468. The van der Waals surface area contributed by atoms with Gasteiger partial charge in [0.05, 0.1) is 6.54 Å². The van der Waals surface area contributed by atoms with Gasteiger partial charge in [0.15, 0.2) is 0 Å². The molecule has 5 heteroatoms. The molecule has 0 atom stereocenters. The van der Waals surface area contributed by atoms with Crippen LogP contribution in [0.25, 0.3) is 0 Å². The van der Waals surface area contributed by atoms with Crippen molar-refractivity contribution in [3.8, 4) is 0 Å². The van der Waals surface area contributed by atoms with E-state index < -0.39 is 5.91 Å². The van der Waals surface area contributed by atoms with E-state index in [2.05, 4.69) is 10.6 Å². The number of benzene rings is 1. The van der Waals surface area contributed by atoms with Gasteiger partial charge < -0.3 is 16.4 Å². The summed E-state index contributed by atoms with van der Waals surface area (Å²) in [7, 11) is 0. The minimum Gasteiger partial charge on any atom is -0.366 e. The zero-order chi connectivity index (χ0) is 13.5. The molecule has 18 heavy (non-hydrogen) atoms. The molecule has 5 nitrogen and oxygen atoms in total. The van der Waals surface area contributed by atoms with Crippen LogP contribution < -0.4 is 16.4 Å². The highest BCUT2D eigenvalue weighted by atomic mass is 16.2. The van der Waals surface area contributed by atoms with Crippen molar-refractivity contribution in [2.24, 2.45) is 5.73 Å². The van der Waals surface area contributed by atoms with Gasteiger partial charge in [0.1, 0.15) is 0 Å². The third kappa shape index (κ3) is 4.97. The molecule has 0 aliphatic carbocycles. The molecule has 0 unspecified atom stereocenters. The van der Waals surface area contributed by atoms with Crippen LogP contribution in [0, 0.1) is 0 Å². The highest BCUT2D eigenvalue weighted by Gasteiger charge is 2.04. The van der Waals surface area contributed by atoms with Crippen LogP contribution in [0.15, 0.2) is 24.3 Å². The second-order valence-electron chi connectivity index (χ2n) is 4.38. The molecule has 0 aromatic heterocycles. The smallest absolute Gasteiger partial charge is 0.248 e. The Morgan fingerprint density at radius 2 is 2.06 bits per heavy atom. The van der Waals surface area contributed by atoms with Gasteiger partial charge in [-0.15, -0.1) is 0 Å². The maximum absolute atomic E-state index is 11.5. The molecule has 0 heterocycles. The molecule has 98 valence electrons. The molecule has 0 aliphatic heterocycles. The van der Waals surface area contributed by atoms with Crippen LogP contribution >= 0.6 is 0 Å². The molecular formula is C13H19N3O2. The number of hydrogen-bond donors (Lipinski definition) is 3. The summed E-state index contributed by atoms with van der Waals surface area (Å²) in [5.74, 6) is -0.544. The second kappa shape index (κ2) is 6.76. The van der Waals surface area contributed by atoms with Gasteiger partial charge in [0, 0.05) is 18.2 Å². The van der Waals surface area contributed by atoms with Gasteiger partial charge in [0.25, 0.3) is 0 Å². The number of hydrogen-bond acceptors (Lipinski definition) is 3. The normalized spacial score (nSPS) is 10.4. The zero-order valence-electron chi connectivity index (χ0n) is 10.7. The zero-order valence-corrected chi connectivity index (χ0v) is 10.7. The Bertz CT molecular complexity index is 430. The highest BCUT2D eigenvalue weighted by Crippen LogP contribution is 2.04. The lowest BCUT2D eigenvalue weighted by Gasteiger charge is -2.09. The largest absolute Gasteiger partial charge is 0.366 e. The Balaban J connectivity index is 2.46. The Hall–Kier alpha value is -1.88. The van der Waals surface area contributed by atoms with E-state index >= 15 is 0 Å². The third-order valence-electron chi connectivity index (χ3n) is 2.37. The number of primary amides is 1. The molecule has 0 saturated heterocycles. The Morgan fingerprint density at radius 1 is 1.33 bits per heavy atom. The fourth-order valence-corrected chi connectivity index (χ4v) is 1.39. The van der Waals surface area contributed by atoms with E-state index in [0.717, 1.165) is 5.56 Å². The fourth-order valence-electron chi connectivity index (χ4n) is 1.39. The molecule has 0 fully saturated rings. The lowest BCUT2D eigenvalue weighted by Crippen LogP contribution is -2.36. The Labute approximate surface area is 107 Å². The topological polar surface area (TPSA) is 84.2 Å². The van der Waals surface area contributed by atoms with Crippen LogP contribution in [0.3, 0.4) is 0 Å². The molecule has 1 aromatic rings. The van der Waals surface area contributed by atoms with Crippen molar-refractivity contribution >= 4 is 11.8 Å². The van der Waals surface area contributed by atoms with Crippen molar-refractivity contribution in [1.29, 1.82) is 0 Å². The Morgan fingerprint density at radius 3 is 2.67 bits per heavy atom. The van der Waals surface area contributed by atoms with Crippen molar-refractivity contribution in [1.82, 2.24) is 10.6 Å². The maximum atomic E-state index is 11.5. The third-order valence-corrected chi connectivity index (χ3v) is 2.37. The highest BCUT2D eigenvalue weighted by molar-refractivity contribution is 5.92. The van der Waals surface area contributed by atoms with Crippen molar-refractivity contribution < 1.29 is 9.59 Å². The Kier molecular flexibility index (Phi) is 5.32. The minimum absolute atomic E-state index is 0.0758. The molecule has 0 aliphatic rings. The van der Waals surface area contributed by atoms with Crippen molar-refractivity contribution in [2.45, 2.75) is 26.4 Å². The van der Waals surface area contributed by atoms with Gasteiger partial charge in [-0.3, -0.25) is 9.59 Å². The van der Waals surface area contributed by atoms with E-state index in [1.54, 1.807) is 18.2 Å². The molecular weight excluding hydrogens is 230 g/mol. The molecule has 0 spiro atoms. The monoisotopic (exact) mass is 249 g/mol. The number of carbonyl (C=O) groups excluding carboxylic acids is 2. The first-order valence-electron chi connectivity index (χ1n) is 5.88. The summed E-state index contributed by atoms with van der Waals surface area (Å²) < 4.78 is 0. The summed E-state index contributed by atoms with van der Waals surface area (Å²) in [6, 6.07) is 7.18. The van der Waals surface area contributed by atoms with Gasteiger partial charge in [0.2, 0.25) is 11.8 Å². The van der Waals surface area contributed by atoms with Crippen molar-refractivity contribution in [3.05, 3.63) is 35.4 Å². The van der Waals surface area contributed by atoms with Gasteiger partial charge in [-0.1, -0.05) is 26.0 Å².